The van der Waals surface area contributed by atoms with Crippen molar-refractivity contribution in [1.82, 2.24) is 0 Å². The van der Waals surface area contributed by atoms with Gasteiger partial charge in [0.05, 0.1) is 0 Å². The second-order valence-corrected chi connectivity index (χ2v) is 3.83. The number of hydrogen-bond acceptors (Lipinski definition) is 1. The van der Waals surface area contributed by atoms with E-state index in [0.29, 0.717) is 10.0 Å². The average molecular weight is 245 g/mol. The van der Waals surface area contributed by atoms with Crippen molar-refractivity contribution < 1.29 is 9.18 Å². The van der Waals surface area contributed by atoms with Crippen LogP contribution < -0.4 is 0 Å². The van der Waals surface area contributed by atoms with Gasteiger partial charge >= 0.3 is 0 Å². The Morgan fingerprint density at radius 1 is 1.54 bits per heavy atom. The molecule has 0 heterocycles. The first-order chi connectivity index (χ1) is 6.02. The van der Waals surface area contributed by atoms with Crippen molar-refractivity contribution in [3.63, 3.8) is 0 Å². The smallest absolute Gasteiger partial charge is 0.134 e. The van der Waals surface area contributed by atoms with E-state index in [4.69, 9.17) is 0 Å². The highest BCUT2D eigenvalue weighted by atomic mass is 79.9. The SMILES string of the molecule is CC(=O)Cc1c(F)ccc(C)c1Br. The number of rotatable bonds is 2. The zero-order chi connectivity index (χ0) is 10.0. The van der Waals surface area contributed by atoms with E-state index in [9.17, 15) is 9.18 Å². The minimum atomic E-state index is -0.326. The van der Waals surface area contributed by atoms with Crippen LogP contribution in [0.5, 0.6) is 0 Å². The van der Waals surface area contributed by atoms with Crippen molar-refractivity contribution in [2.24, 2.45) is 0 Å². The first-order valence-electron chi connectivity index (χ1n) is 3.95. The predicted molar refractivity (Wildman–Crippen MR) is 53.2 cm³/mol. The van der Waals surface area contributed by atoms with E-state index in [2.05, 4.69) is 15.9 Å². The van der Waals surface area contributed by atoms with Gasteiger partial charge in [0, 0.05) is 16.5 Å². The third kappa shape index (κ3) is 2.37. The fourth-order valence-electron chi connectivity index (χ4n) is 1.13. The van der Waals surface area contributed by atoms with E-state index in [1.807, 2.05) is 6.92 Å². The minimum absolute atomic E-state index is 0.0369. The van der Waals surface area contributed by atoms with Crippen LogP contribution in [0.4, 0.5) is 4.39 Å². The molecule has 1 aromatic rings. The van der Waals surface area contributed by atoms with Crippen molar-refractivity contribution in [3.05, 3.63) is 33.5 Å². The number of aryl methyl sites for hydroxylation is 1. The maximum Gasteiger partial charge on any atom is 0.134 e. The summed E-state index contributed by atoms with van der Waals surface area (Å²) in [6.45, 7) is 3.32. The molecule has 0 atom stereocenters. The topological polar surface area (TPSA) is 17.1 Å². The van der Waals surface area contributed by atoms with Gasteiger partial charge in [0.1, 0.15) is 11.6 Å². The molecule has 1 nitrogen and oxygen atoms in total. The molecule has 0 fully saturated rings. The summed E-state index contributed by atoms with van der Waals surface area (Å²) >= 11 is 3.27. The van der Waals surface area contributed by atoms with Gasteiger partial charge in [0.15, 0.2) is 0 Å². The van der Waals surface area contributed by atoms with E-state index in [-0.39, 0.29) is 18.0 Å². The number of Topliss-reactive ketones (excluding diaryl/α,β-unsaturated/α-hetero) is 1. The summed E-state index contributed by atoms with van der Waals surface area (Å²) in [6, 6.07) is 3.07. The Bertz CT molecular complexity index is 347. The Kier molecular flexibility index (Phi) is 3.20. The quantitative estimate of drug-likeness (QED) is 0.782. The zero-order valence-electron chi connectivity index (χ0n) is 7.53. The fraction of sp³-hybridized carbons (Fsp3) is 0.300. The molecule has 0 saturated carbocycles. The van der Waals surface area contributed by atoms with Crippen LogP contribution in [0.2, 0.25) is 0 Å². The van der Waals surface area contributed by atoms with Crippen LogP contribution in [-0.2, 0) is 11.2 Å². The van der Waals surface area contributed by atoms with Crippen LogP contribution >= 0.6 is 15.9 Å². The molecular weight excluding hydrogens is 235 g/mol. The van der Waals surface area contributed by atoms with E-state index >= 15 is 0 Å². The normalized spacial score (nSPS) is 10.2. The molecule has 0 aliphatic heterocycles. The molecule has 0 radical (unpaired) electrons. The first-order valence-corrected chi connectivity index (χ1v) is 4.74. The molecule has 13 heavy (non-hydrogen) atoms. The Morgan fingerprint density at radius 3 is 2.69 bits per heavy atom. The Balaban J connectivity index is 3.17. The molecule has 0 amide bonds. The van der Waals surface area contributed by atoms with Crippen molar-refractivity contribution in [2.45, 2.75) is 20.3 Å². The molecule has 0 aliphatic carbocycles. The molecule has 0 aliphatic rings. The minimum Gasteiger partial charge on any atom is -0.300 e. The van der Waals surface area contributed by atoms with Crippen LogP contribution in [0.15, 0.2) is 16.6 Å². The first kappa shape index (κ1) is 10.4. The molecular formula is C10H10BrFO. The Morgan fingerprint density at radius 2 is 2.15 bits per heavy atom. The number of carbonyl (C=O) groups is 1. The van der Waals surface area contributed by atoms with E-state index in [1.165, 1.54) is 13.0 Å². The highest BCUT2D eigenvalue weighted by Gasteiger charge is 2.10. The number of carbonyl (C=O) groups excluding carboxylic acids is 1. The molecule has 0 unspecified atom stereocenters. The lowest BCUT2D eigenvalue weighted by Gasteiger charge is -2.06. The van der Waals surface area contributed by atoms with Gasteiger partial charge in [-0.3, -0.25) is 4.79 Å². The van der Waals surface area contributed by atoms with Gasteiger partial charge < -0.3 is 0 Å². The van der Waals surface area contributed by atoms with Gasteiger partial charge in [0.2, 0.25) is 0 Å². The molecule has 3 heteroatoms. The van der Waals surface area contributed by atoms with Crippen molar-refractivity contribution >= 4 is 21.7 Å². The molecule has 0 aromatic heterocycles. The van der Waals surface area contributed by atoms with Gasteiger partial charge in [-0.25, -0.2) is 4.39 Å². The lowest BCUT2D eigenvalue weighted by molar-refractivity contribution is -0.116. The summed E-state index contributed by atoms with van der Waals surface area (Å²) in [5.41, 5.74) is 1.39. The zero-order valence-corrected chi connectivity index (χ0v) is 9.11. The van der Waals surface area contributed by atoms with Crippen molar-refractivity contribution in [3.8, 4) is 0 Å². The molecule has 70 valence electrons. The third-order valence-electron chi connectivity index (χ3n) is 1.80. The molecule has 1 rings (SSSR count). The lowest BCUT2D eigenvalue weighted by atomic mass is 10.1. The second-order valence-electron chi connectivity index (χ2n) is 3.04. The summed E-state index contributed by atoms with van der Waals surface area (Å²) in [5.74, 6) is -0.363. The molecule has 0 spiro atoms. The molecule has 0 bridgehead atoms. The highest BCUT2D eigenvalue weighted by Crippen LogP contribution is 2.24. The molecule has 1 aromatic carbocycles. The number of halogens is 2. The fourth-order valence-corrected chi connectivity index (χ4v) is 1.59. The summed E-state index contributed by atoms with van der Waals surface area (Å²) in [7, 11) is 0. The lowest BCUT2D eigenvalue weighted by Crippen LogP contribution is -2.01. The van der Waals surface area contributed by atoms with Crippen LogP contribution in [0.3, 0.4) is 0 Å². The van der Waals surface area contributed by atoms with Crippen molar-refractivity contribution in [2.75, 3.05) is 0 Å². The van der Waals surface area contributed by atoms with Gasteiger partial charge in [-0.1, -0.05) is 22.0 Å². The third-order valence-corrected chi connectivity index (χ3v) is 2.91. The predicted octanol–water partition coefficient (Wildman–Crippen LogP) is 3.03. The van der Waals surface area contributed by atoms with Crippen molar-refractivity contribution in [1.29, 1.82) is 0 Å². The van der Waals surface area contributed by atoms with Gasteiger partial charge in [-0.05, 0) is 25.5 Å². The van der Waals surface area contributed by atoms with Gasteiger partial charge in [-0.15, -0.1) is 0 Å². The summed E-state index contributed by atoms with van der Waals surface area (Å²) in [6.07, 6.45) is 0.147. The number of ketones is 1. The number of benzene rings is 1. The van der Waals surface area contributed by atoms with Crippen LogP contribution in [-0.4, -0.2) is 5.78 Å². The summed E-state index contributed by atoms with van der Waals surface area (Å²) in [4.78, 5) is 10.8. The van der Waals surface area contributed by atoms with Gasteiger partial charge in [0.25, 0.3) is 0 Å². The maximum atomic E-state index is 13.2. The Labute approximate surface area is 85.1 Å². The summed E-state index contributed by atoms with van der Waals surface area (Å²) in [5, 5.41) is 0. The van der Waals surface area contributed by atoms with Crippen LogP contribution in [0, 0.1) is 12.7 Å². The highest BCUT2D eigenvalue weighted by molar-refractivity contribution is 9.10. The number of hydrogen-bond donors (Lipinski definition) is 0. The largest absolute Gasteiger partial charge is 0.300 e. The van der Waals surface area contributed by atoms with E-state index < -0.39 is 0 Å². The average Bonchev–Trinajstić information content (AvgIpc) is 2.05. The molecule has 0 N–H and O–H groups in total. The van der Waals surface area contributed by atoms with E-state index in [0.717, 1.165) is 5.56 Å². The van der Waals surface area contributed by atoms with Gasteiger partial charge in [-0.2, -0.15) is 0 Å². The van der Waals surface area contributed by atoms with Crippen LogP contribution in [0.25, 0.3) is 0 Å². The van der Waals surface area contributed by atoms with E-state index in [1.54, 1.807) is 6.07 Å². The maximum absolute atomic E-state index is 13.2. The summed E-state index contributed by atoms with van der Waals surface area (Å²) < 4.78 is 13.9. The monoisotopic (exact) mass is 244 g/mol. The second kappa shape index (κ2) is 4.01. The standard InChI is InChI=1S/C10H10BrFO/c1-6-3-4-9(12)8(10(6)11)5-7(2)13/h3-4H,5H2,1-2H3. The Hall–Kier alpha value is -0.700. The molecule has 0 saturated heterocycles. The van der Waals surface area contributed by atoms with Crippen LogP contribution in [0.1, 0.15) is 18.1 Å².